The van der Waals surface area contributed by atoms with Gasteiger partial charge in [0, 0.05) is 19.8 Å². The Morgan fingerprint density at radius 1 is 1.33 bits per heavy atom. The maximum Gasteiger partial charge on any atom is 0.274 e. The van der Waals surface area contributed by atoms with E-state index in [1.807, 2.05) is 18.2 Å². The van der Waals surface area contributed by atoms with Crippen LogP contribution in [0, 0.1) is 0 Å². The third-order valence-electron chi connectivity index (χ3n) is 2.88. The van der Waals surface area contributed by atoms with E-state index < -0.39 is 0 Å². The predicted octanol–water partition coefficient (Wildman–Crippen LogP) is 1.97. The Morgan fingerprint density at radius 3 is 2.90 bits per heavy atom. The van der Waals surface area contributed by atoms with E-state index in [9.17, 15) is 4.79 Å². The van der Waals surface area contributed by atoms with Gasteiger partial charge in [-0.2, -0.15) is 0 Å². The second-order valence-electron chi connectivity index (χ2n) is 4.70. The van der Waals surface area contributed by atoms with Gasteiger partial charge in [0.2, 0.25) is 0 Å². The molecule has 6 nitrogen and oxygen atoms in total. The molecule has 2 aromatic rings. The summed E-state index contributed by atoms with van der Waals surface area (Å²) >= 11 is 0. The lowest BCUT2D eigenvalue weighted by molar-refractivity contribution is 0.0777. The number of nitrogens with zero attached hydrogens (tertiary/aromatic N) is 4. The number of nitrogens with one attached hydrogen (secondary N) is 1. The first-order chi connectivity index (χ1) is 10.2. The smallest absolute Gasteiger partial charge is 0.274 e. The van der Waals surface area contributed by atoms with Crippen molar-refractivity contribution in [1.82, 2.24) is 19.9 Å². The van der Waals surface area contributed by atoms with Crippen LogP contribution in [0.4, 0.5) is 5.82 Å². The fraction of sp³-hybridized carbons (Fsp3) is 0.333. The number of pyridine rings is 1. The quantitative estimate of drug-likeness (QED) is 0.878. The molecule has 2 aromatic heterocycles. The van der Waals surface area contributed by atoms with Gasteiger partial charge in [-0.25, -0.2) is 4.98 Å². The van der Waals surface area contributed by atoms with Gasteiger partial charge in [0.15, 0.2) is 0 Å². The van der Waals surface area contributed by atoms with E-state index in [-0.39, 0.29) is 5.91 Å². The topological polar surface area (TPSA) is 71.0 Å². The molecule has 2 heterocycles. The predicted molar refractivity (Wildman–Crippen MR) is 80.8 cm³/mol. The minimum atomic E-state index is -0.173. The first kappa shape index (κ1) is 14.9. The Morgan fingerprint density at radius 2 is 2.19 bits per heavy atom. The highest BCUT2D eigenvalue weighted by atomic mass is 16.2. The standard InChI is InChI=1S/C15H19N5O/c1-3-7-18-14-10-16-9-13(19-14)15(21)20(2)11-12-6-4-5-8-17-12/h4-6,8-10H,3,7,11H2,1-2H3,(H,18,19). The van der Waals surface area contributed by atoms with E-state index in [4.69, 9.17) is 0 Å². The van der Waals surface area contributed by atoms with Crippen LogP contribution in [0.25, 0.3) is 0 Å². The Hall–Kier alpha value is -2.50. The first-order valence-electron chi connectivity index (χ1n) is 6.92. The van der Waals surface area contributed by atoms with E-state index in [0.29, 0.717) is 18.1 Å². The fourth-order valence-corrected chi connectivity index (χ4v) is 1.81. The lowest BCUT2D eigenvalue weighted by Crippen LogP contribution is -2.27. The second kappa shape index (κ2) is 7.33. The van der Waals surface area contributed by atoms with Crippen molar-refractivity contribution >= 4 is 11.7 Å². The molecule has 1 N–H and O–H groups in total. The van der Waals surface area contributed by atoms with Crippen molar-refractivity contribution < 1.29 is 4.79 Å². The van der Waals surface area contributed by atoms with Gasteiger partial charge in [-0.05, 0) is 18.6 Å². The van der Waals surface area contributed by atoms with Gasteiger partial charge in [-0.3, -0.25) is 14.8 Å². The molecule has 0 aliphatic heterocycles. The van der Waals surface area contributed by atoms with Crippen LogP contribution in [-0.4, -0.2) is 39.4 Å². The highest BCUT2D eigenvalue weighted by molar-refractivity contribution is 5.92. The monoisotopic (exact) mass is 285 g/mol. The zero-order valence-electron chi connectivity index (χ0n) is 12.3. The summed E-state index contributed by atoms with van der Waals surface area (Å²) in [6.07, 6.45) is 5.79. The van der Waals surface area contributed by atoms with Crippen molar-refractivity contribution in [3.8, 4) is 0 Å². The van der Waals surface area contributed by atoms with Gasteiger partial charge in [-0.15, -0.1) is 0 Å². The van der Waals surface area contributed by atoms with E-state index in [0.717, 1.165) is 18.7 Å². The van der Waals surface area contributed by atoms with Crippen LogP contribution in [0.2, 0.25) is 0 Å². The molecule has 0 aliphatic rings. The van der Waals surface area contributed by atoms with Gasteiger partial charge in [-0.1, -0.05) is 13.0 Å². The third-order valence-corrected chi connectivity index (χ3v) is 2.88. The minimum Gasteiger partial charge on any atom is -0.369 e. The number of anilines is 1. The molecular weight excluding hydrogens is 266 g/mol. The van der Waals surface area contributed by atoms with Crippen LogP contribution < -0.4 is 5.32 Å². The van der Waals surface area contributed by atoms with Crippen molar-refractivity contribution in [2.24, 2.45) is 0 Å². The number of aromatic nitrogens is 3. The van der Waals surface area contributed by atoms with Crippen molar-refractivity contribution in [3.05, 3.63) is 48.2 Å². The van der Waals surface area contributed by atoms with Gasteiger partial charge < -0.3 is 10.2 Å². The summed E-state index contributed by atoms with van der Waals surface area (Å²) in [5.74, 6) is 0.447. The molecule has 21 heavy (non-hydrogen) atoms. The number of rotatable bonds is 6. The maximum atomic E-state index is 12.3. The number of hydrogen-bond acceptors (Lipinski definition) is 5. The van der Waals surface area contributed by atoms with Crippen LogP contribution in [0.1, 0.15) is 29.5 Å². The zero-order valence-corrected chi connectivity index (χ0v) is 12.3. The number of carbonyl (C=O) groups is 1. The van der Waals surface area contributed by atoms with Crippen LogP contribution in [-0.2, 0) is 6.54 Å². The fourth-order valence-electron chi connectivity index (χ4n) is 1.81. The van der Waals surface area contributed by atoms with Crippen LogP contribution in [0.3, 0.4) is 0 Å². The molecule has 6 heteroatoms. The van der Waals surface area contributed by atoms with Crippen LogP contribution in [0.5, 0.6) is 0 Å². The summed E-state index contributed by atoms with van der Waals surface area (Å²) < 4.78 is 0. The summed E-state index contributed by atoms with van der Waals surface area (Å²) in [7, 11) is 1.73. The van der Waals surface area contributed by atoms with E-state index >= 15 is 0 Å². The summed E-state index contributed by atoms with van der Waals surface area (Å²) in [4.78, 5) is 26.5. The Kier molecular flexibility index (Phi) is 5.20. The minimum absolute atomic E-state index is 0.173. The van der Waals surface area contributed by atoms with Gasteiger partial charge in [0.25, 0.3) is 5.91 Å². The maximum absolute atomic E-state index is 12.3. The van der Waals surface area contributed by atoms with Gasteiger partial charge in [0.05, 0.1) is 24.6 Å². The van der Waals surface area contributed by atoms with Gasteiger partial charge in [0.1, 0.15) is 11.5 Å². The molecule has 0 aromatic carbocycles. The van der Waals surface area contributed by atoms with Crippen LogP contribution >= 0.6 is 0 Å². The summed E-state index contributed by atoms with van der Waals surface area (Å²) in [6.45, 7) is 3.31. The van der Waals surface area contributed by atoms with Crippen molar-refractivity contribution in [1.29, 1.82) is 0 Å². The summed E-state index contributed by atoms with van der Waals surface area (Å²) in [5.41, 5.74) is 1.16. The molecule has 0 aliphatic carbocycles. The van der Waals surface area contributed by atoms with E-state index in [2.05, 4.69) is 27.2 Å². The summed E-state index contributed by atoms with van der Waals surface area (Å²) in [6, 6.07) is 5.63. The molecule has 0 bridgehead atoms. The molecule has 0 spiro atoms. The molecule has 0 saturated heterocycles. The highest BCUT2D eigenvalue weighted by Gasteiger charge is 2.14. The average Bonchev–Trinajstić information content (AvgIpc) is 2.53. The number of amides is 1. The average molecular weight is 285 g/mol. The molecule has 0 saturated carbocycles. The molecule has 0 fully saturated rings. The number of carbonyl (C=O) groups excluding carboxylic acids is 1. The van der Waals surface area contributed by atoms with Crippen molar-refractivity contribution in [3.63, 3.8) is 0 Å². The second-order valence-corrected chi connectivity index (χ2v) is 4.70. The first-order valence-corrected chi connectivity index (χ1v) is 6.92. The third kappa shape index (κ3) is 4.24. The SMILES string of the molecule is CCCNc1cncc(C(=O)N(C)Cc2ccccn2)n1. The van der Waals surface area contributed by atoms with E-state index in [1.54, 1.807) is 24.3 Å². The number of hydrogen-bond donors (Lipinski definition) is 1. The van der Waals surface area contributed by atoms with Crippen LogP contribution in [0.15, 0.2) is 36.8 Å². The molecule has 1 amide bonds. The molecule has 0 unspecified atom stereocenters. The Labute approximate surface area is 124 Å². The zero-order chi connectivity index (χ0) is 15.1. The summed E-state index contributed by atoms with van der Waals surface area (Å²) in [5, 5.41) is 3.12. The molecule has 110 valence electrons. The largest absolute Gasteiger partial charge is 0.369 e. The normalized spacial score (nSPS) is 10.2. The molecule has 0 atom stereocenters. The Bertz CT molecular complexity index is 588. The molecule has 0 radical (unpaired) electrons. The highest BCUT2D eigenvalue weighted by Crippen LogP contribution is 2.07. The molecule has 2 rings (SSSR count). The van der Waals surface area contributed by atoms with E-state index in [1.165, 1.54) is 6.20 Å². The van der Waals surface area contributed by atoms with Gasteiger partial charge >= 0.3 is 0 Å². The van der Waals surface area contributed by atoms with Crippen molar-refractivity contribution in [2.45, 2.75) is 19.9 Å². The van der Waals surface area contributed by atoms with Crippen molar-refractivity contribution in [2.75, 3.05) is 18.9 Å². The lowest BCUT2D eigenvalue weighted by Gasteiger charge is -2.16. The Balaban J connectivity index is 2.05. The lowest BCUT2D eigenvalue weighted by atomic mass is 10.3. The molecular formula is C15H19N5O.